The maximum atomic E-state index is 11.6. The molecule has 0 aliphatic carbocycles. The molecule has 0 atom stereocenters. The largest absolute Gasteiger partial charge is 0.478 e. The van der Waals surface area contributed by atoms with E-state index in [-0.39, 0.29) is 28.3 Å². The lowest BCUT2D eigenvalue weighted by Gasteiger charge is -2.06. The number of carboxylic acid groups (broad SMARTS) is 1. The van der Waals surface area contributed by atoms with Crippen molar-refractivity contribution in [3.05, 3.63) is 29.8 Å². The first-order valence-corrected chi connectivity index (χ1v) is 6.68. The molecule has 0 aliphatic heterocycles. The molecule has 1 aromatic rings. The van der Waals surface area contributed by atoms with Gasteiger partial charge >= 0.3 is 5.97 Å². The molecule has 0 aliphatic rings. The minimum absolute atomic E-state index is 0.0311. The number of rotatable bonds is 5. The second kappa shape index (κ2) is 6.94. The van der Waals surface area contributed by atoms with Gasteiger partial charge in [0.15, 0.2) is 5.12 Å². The molecule has 0 bridgehead atoms. The molecular formula is C13H15NO4S. The minimum Gasteiger partial charge on any atom is -0.478 e. The van der Waals surface area contributed by atoms with E-state index in [0.29, 0.717) is 5.69 Å². The Bertz CT molecular complexity index is 482. The summed E-state index contributed by atoms with van der Waals surface area (Å²) in [5.74, 6) is -1.36. The lowest BCUT2D eigenvalue weighted by atomic mass is 10.2. The minimum atomic E-state index is -1.02. The van der Waals surface area contributed by atoms with Crippen LogP contribution in [0.3, 0.4) is 0 Å². The average molecular weight is 281 g/mol. The van der Waals surface area contributed by atoms with Crippen LogP contribution in [-0.4, -0.2) is 27.9 Å². The molecule has 0 aromatic heterocycles. The van der Waals surface area contributed by atoms with Gasteiger partial charge in [0.05, 0.1) is 11.3 Å². The number of thioether (sulfide) groups is 1. The number of benzene rings is 1. The molecule has 1 rings (SSSR count). The molecule has 0 saturated carbocycles. The summed E-state index contributed by atoms with van der Waals surface area (Å²) in [5, 5.41) is 11.3. The van der Waals surface area contributed by atoms with E-state index < -0.39 is 5.97 Å². The molecule has 102 valence electrons. The fraction of sp³-hybridized carbons (Fsp3) is 0.308. The summed E-state index contributed by atoms with van der Waals surface area (Å²) < 4.78 is 0. The van der Waals surface area contributed by atoms with E-state index in [9.17, 15) is 14.4 Å². The zero-order valence-electron chi connectivity index (χ0n) is 10.7. The summed E-state index contributed by atoms with van der Waals surface area (Å²) in [7, 11) is 0. The van der Waals surface area contributed by atoms with Gasteiger partial charge in [0, 0.05) is 11.6 Å². The van der Waals surface area contributed by atoms with Crippen LogP contribution in [0.5, 0.6) is 0 Å². The van der Waals surface area contributed by atoms with Gasteiger partial charge in [0.25, 0.3) is 0 Å². The van der Waals surface area contributed by atoms with Crippen LogP contribution in [-0.2, 0) is 9.59 Å². The molecule has 0 fully saturated rings. The lowest BCUT2D eigenvalue weighted by Crippen LogP contribution is -2.16. The Kier molecular flexibility index (Phi) is 5.57. The Labute approximate surface area is 115 Å². The van der Waals surface area contributed by atoms with Crippen LogP contribution >= 0.6 is 11.8 Å². The summed E-state index contributed by atoms with van der Waals surface area (Å²) in [6.45, 7) is 3.55. The summed E-state index contributed by atoms with van der Waals surface area (Å²) in [5.41, 5.74) is 0.662. The van der Waals surface area contributed by atoms with E-state index >= 15 is 0 Å². The molecule has 1 aromatic carbocycles. The van der Waals surface area contributed by atoms with Gasteiger partial charge in [-0.3, -0.25) is 9.59 Å². The van der Waals surface area contributed by atoms with Crippen molar-refractivity contribution in [2.75, 3.05) is 11.1 Å². The molecule has 1 amide bonds. The van der Waals surface area contributed by atoms with E-state index in [1.54, 1.807) is 13.8 Å². The third-order valence-electron chi connectivity index (χ3n) is 2.23. The number of carboxylic acids is 1. The molecule has 6 heteroatoms. The van der Waals surface area contributed by atoms with Crippen molar-refractivity contribution in [1.82, 2.24) is 0 Å². The van der Waals surface area contributed by atoms with Crippen molar-refractivity contribution >= 4 is 34.4 Å². The highest BCUT2D eigenvalue weighted by molar-refractivity contribution is 8.14. The molecule has 0 radical (unpaired) electrons. The quantitative estimate of drug-likeness (QED) is 0.864. The van der Waals surface area contributed by atoms with E-state index in [1.165, 1.54) is 24.3 Å². The SMILES string of the molecule is CC(C)C(=O)SCC(=O)Nc1ccc(C(=O)O)cc1. The van der Waals surface area contributed by atoms with E-state index in [0.717, 1.165) is 11.8 Å². The first-order valence-electron chi connectivity index (χ1n) is 5.70. The van der Waals surface area contributed by atoms with Crippen LogP contribution in [0, 0.1) is 5.92 Å². The Morgan fingerprint density at radius 3 is 2.26 bits per heavy atom. The van der Waals surface area contributed by atoms with Crippen LogP contribution < -0.4 is 5.32 Å². The van der Waals surface area contributed by atoms with E-state index in [2.05, 4.69) is 5.32 Å². The number of nitrogens with one attached hydrogen (secondary N) is 1. The highest BCUT2D eigenvalue weighted by Gasteiger charge is 2.11. The molecule has 0 spiro atoms. The predicted molar refractivity (Wildman–Crippen MR) is 74.3 cm³/mol. The maximum absolute atomic E-state index is 11.6. The van der Waals surface area contributed by atoms with Crippen molar-refractivity contribution in [1.29, 1.82) is 0 Å². The van der Waals surface area contributed by atoms with Crippen molar-refractivity contribution in [2.24, 2.45) is 5.92 Å². The molecule has 0 unspecified atom stereocenters. The van der Waals surface area contributed by atoms with Crippen LogP contribution in [0.25, 0.3) is 0 Å². The van der Waals surface area contributed by atoms with Gasteiger partial charge in [-0.2, -0.15) is 0 Å². The molecule has 19 heavy (non-hydrogen) atoms. The average Bonchev–Trinajstić information content (AvgIpc) is 2.36. The molecule has 2 N–H and O–H groups in total. The highest BCUT2D eigenvalue weighted by Crippen LogP contribution is 2.13. The third kappa shape index (κ3) is 5.13. The number of anilines is 1. The first-order chi connectivity index (χ1) is 8.90. The second-order valence-electron chi connectivity index (χ2n) is 4.19. The topological polar surface area (TPSA) is 83.5 Å². The van der Waals surface area contributed by atoms with Crippen molar-refractivity contribution in [2.45, 2.75) is 13.8 Å². The first kappa shape index (κ1) is 15.2. The van der Waals surface area contributed by atoms with Crippen molar-refractivity contribution in [3.8, 4) is 0 Å². The van der Waals surface area contributed by atoms with Crippen molar-refractivity contribution < 1.29 is 19.5 Å². The summed E-state index contributed by atoms with van der Waals surface area (Å²) in [6, 6.07) is 5.83. The van der Waals surface area contributed by atoms with Gasteiger partial charge in [-0.25, -0.2) is 4.79 Å². The van der Waals surface area contributed by atoms with Crippen LogP contribution in [0.1, 0.15) is 24.2 Å². The second-order valence-corrected chi connectivity index (χ2v) is 5.17. The zero-order chi connectivity index (χ0) is 14.4. The van der Waals surface area contributed by atoms with Gasteiger partial charge in [0.2, 0.25) is 5.91 Å². The Morgan fingerprint density at radius 1 is 1.21 bits per heavy atom. The van der Waals surface area contributed by atoms with Gasteiger partial charge in [-0.15, -0.1) is 0 Å². The zero-order valence-corrected chi connectivity index (χ0v) is 11.5. The summed E-state index contributed by atoms with van der Waals surface area (Å²) >= 11 is 0.975. The van der Waals surface area contributed by atoms with Crippen LogP contribution in [0.15, 0.2) is 24.3 Å². The number of carbonyl (C=O) groups excluding carboxylic acids is 2. The lowest BCUT2D eigenvalue weighted by molar-refractivity contribution is -0.115. The van der Waals surface area contributed by atoms with E-state index in [4.69, 9.17) is 5.11 Å². The maximum Gasteiger partial charge on any atom is 0.335 e. The summed E-state index contributed by atoms with van der Waals surface area (Å²) in [6.07, 6.45) is 0. The standard InChI is InChI=1S/C13H15NO4S/c1-8(2)13(18)19-7-11(15)14-10-5-3-9(4-6-10)12(16)17/h3-6,8H,7H2,1-2H3,(H,14,15)(H,16,17). The summed E-state index contributed by atoms with van der Waals surface area (Å²) in [4.78, 5) is 33.5. The predicted octanol–water partition coefficient (Wildman–Crippen LogP) is 2.24. The number of amides is 1. The Balaban J connectivity index is 2.48. The van der Waals surface area contributed by atoms with Gasteiger partial charge in [0.1, 0.15) is 0 Å². The van der Waals surface area contributed by atoms with Crippen molar-refractivity contribution in [3.63, 3.8) is 0 Å². The molecular weight excluding hydrogens is 266 g/mol. The normalized spacial score (nSPS) is 10.3. The van der Waals surface area contributed by atoms with Gasteiger partial charge in [-0.1, -0.05) is 25.6 Å². The van der Waals surface area contributed by atoms with Gasteiger partial charge in [-0.05, 0) is 24.3 Å². The third-order valence-corrected chi connectivity index (χ3v) is 3.39. The monoisotopic (exact) mass is 281 g/mol. The van der Waals surface area contributed by atoms with Crippen LogP contribution in [0.4, 0.5) is 5.69 Å². The van der Waals surface area contributed by atoms with E-state index in [1.807, 2.05) is 0 Å². The molecule has 0 heterocycles. The molecule has 5 nitrogen and oxygen atoms in total. The highest BCUT2D eigenvalue weighted by atomic mass is 32.2. The number of hydrogen-bond acceptors (Lipinski definition) is 4. The number of aromatic carboxylic acids is 1. The fourth-order valence-electron chi connectivity index (χ4n) is 1.20. The fourth-order valence-corrected chi connectivity index (χ4v) is 1.88. The number of carbonyl (C=O) groups is 3. The van der Waals surface area contributed by atoms with Crippen LogP contribution in [0.2, 0.25) is 0 Å². The van der Waals surface area contributed by atoms with Gasteiger partial charge < -0.3 is 10.4 Å². The number of hydrogen-bond donors (Lipinski definition) is 2. The Hall–Kier alpha value is -1.82. The molecule has 0 saturated heterocycles. The Morgan fingerprint density at radius 2 is 1.79 bits per heavy atom. The smallest absolute Gasteiger partial charge is 0.335 e.